The molecule has 2 heterocycles. The van der Waals surface area contributed by atoms with Crippen molar-refractivity contribution in [2.75, 3.05) is 18.6 Å². The van der Waals surface area contributed by atoms with Gasteiger partial charge in [0.05, 0.1) is 18.2 Å². The average Bonchev–Trinajstić information content (AvgIpc) is 3.20. The quantitative estimate of drug-likeness (QED) is 0.503. The molecule has 5 rings (SSSR count). The van der Waals surface area contributed by atoms with Crippen molar-refractivity contribution in [1.82, 2.24) is 10.2 Å². The lowest BCUT2D eigenvalue weighted by Crippen LogP contribution is -2.32. The summed E-state index contributed by atoms with van der Waals surface area (Å²) in [7, 11) is 1.37. The summed E-state index contributed by atoms with van der Waals surface area (Å²) in [6.07, 6.45) is -0.156. The molecule has 7 nitrogen and oxygen atoms in total. The number of hydrogen-bond donors (Lipinski definition) is 1. The van der Waals surface area contributed by atoms with E-state index in [1.807, 2.05) is 42.5 Å². The first-order chi connectivity index (χ1) is 16.0. The number of aromatic nitrogens is 2. The summed E-state index contributed by atoms with van der Waals surface area (Å²) in [5, 5.41) is 8.09. The number of ether oxygens (including phenoxy) is 2. The fourth-order valence-corrected chi connectivity index (χ4v) is 4.03. The zero-order chi connectivity index (χ0) is 22.9. The highest BCUT2D eigenvalue weighted by atomic mass is 19.1. The van der Waals surface area contributed by atoms with Crippen molar-refractivity contribution in [3.05, 3.63) is 82.9 Å². The van der Waals surface area contributed by atoms with Crippen LogP contribution in [0.5, 0.6) is 11.5 Å². The summed E-state index contributed by atoms with van der Waals surface area (Å²) in [4.78, 5) is 26.6. The van der Waals surface area contributed by atoms with Crippen molar-refractivity contribution in [1.29, 1.82) is 0 Å². The van der Waals surface area contributed by atoms with Crippen molar-refractivity contribution in [3.63, 3.8) is 0 Å². The summed E-state index contributed by atoms with van der Waals surface area (Å²) in [5.74, 6) is -0.221. The van der Waals surface area contributed by atoms with E-state index in [0.29, 0.717) is 29.8 Å². The monoisotopic (exact) mass is 445 g/mol. The lowest BCUT2D eigenvalue weighted by atomic mass is 10.0. The molecule has 0 radical (unpaired) electrons. The Kier molecular flexibility index (Phi) is 5.26. The van der Waals surface area contributed by atoms with E-state index in [2.05, 4.69) is 10.2 Å². The van der Waals surface area contributed by atoms with Crippen LogP contribution in [0.25, 0.3) is 22.0 Å². The standard InChI is InChI=1S/C25H20FN3O4/c1-32-22-14-17(10-11-20(22)26)33-21-12-13-29(25(21)31)16-8-6-15(7-9-16)23-18-4-2-3-5-19(18)24(30)28-27-23/h2-11,14,21H,12-13H2,1H3,(H,28,30). The maximum Gasteiger partial charge on any atom is 0.272 e. The first kappa shape index (κ1) is 20.7. The molecule has 4 aromatic rings. The second-order valence-electron chi connectivity index (χ2n) is 7.68. The number of aromatic amines is 1. The third kappa shape index (κ3) is 3.80. The smallest absolute Gasteiger partial charge is 0.272 e. The number of methoxy groups -OCH3 is 1. The lowest BCUT2D eigenvalue weighted by molar-refractivity contribution is -0.122. The van der Waals surface area contributed by atoms with Crippen LogP contribution in [0.15, 0.2) is 71.5 Å². The molecule has 166 valence electrons. The van der Waals surface area contributed by atoms with E-state index >= 15 is 0 Å². The van der Waals surface area contributed by atoms with E-state index in [0.717, 1.165) is 16.6 Å². The van der Waals surface area contributed by atoms with Crippen molar-refractivity contribution in [3.8, 4) is 22.8 Å². The van der Waals surface area contributed by atoms with Gasteiger partial charge in [0.2, 0.25) is 0 Å². The fourth-order valence-electron chi connectivity index (χ4n) is 4.03. The molecule has 1 amide bonds. The maximum atomic E-state index is 13.6. The normalized spacial score (nSPS) is 15.8. The van der Waals surface area contributed by atoms with Crippen LogP contribution in [0.3, 0.4) is 0 Å². The van der Waals surface area contributed by atoms with Crippen LogP contribution in [0.1, 0.15) is 6.42 Å². The summed E-state index contributed by atoms with van der Waals surface area (Å²) in [6, 6.07) is 18.9. The number of rotatable bonds is 5. The van der Waals surface area contributed by atoms with E-state index in [9.17, 15) is 14.0 Å². The number of carbonyl (C=O) groups is 1. The number of benzene rings is 3. The van der Waals surface area contributed by atoms with Crippen LogP contribution in [-0.4, -0.2) is 35.9 Å². The second-order valence-corrected chi connectivity index (χ2v) is 7.68. The molecule has 33 heavy (non-hydrogen) atoms. The van der Waals surface area contributed by atoms with Gasteiger partial charge >= 0.3 is 0 Å². The summed E-state index contributed by atoms with van der Waals surface area (Å²) in [6.45, 7) is 0.501. The lowest BCUT2D eigenvalue weighted by Gasteiger charge is -2.18. The molecule has 1 aliphatic rings. The predicted molar refractivity (Wildman–Crippen MR) is 122 cm³/mol. The van der Waals surface area contributed by atoms with Crippen molar-refractivity contribution in [2.24, 2.45) is 0 Å². The molecule has 3 aromatic carbocycles. The Morgan fingerprint density at radius 2 is 1.79 bits per heavy atom. The number of nitrogens with one attached hydrogen (secondary N) is 1. The minimum absolute atomic E-state index is 0.0637. The molecular formula is C25H20FN3O4. The van der Waals surface area contributed by atoms with E-state index in [1.54, 1.807) is 11.0 Å². The number of H-pyrrole nitrogens is 1. The Hall–Kier alpha value is -4.20. The van der Waals surface area contributed by atoms with Crippen LogP contribution < -0.4 is 19.9 Å². The zero-order valence-corrected chi connectivity index (χ0v) is 17.7. The highest BCUT2D eigenvalue weighted by Gasteiger charge is 2.34. The maximum absolute atomic E-state index is 13.6. The van der Waals surface area contributed by atoms with Gasteiger partial charge in [0, 0.05) is 35.7 Å². The minimum Gasteiger partial charge on any atom is -0.494 e. The molecule has 1 aliphatic heterocycles. The Bertz CT molecular complexity index is 1400. The zero-order valence-electron chi connectivity index (χ0n) is 17.7. The number of hydrogen-bond acceptors (Lipinski definition) is 5. The van der Waals surface area contributed by atoms with Crippen LogP contribution >= 0.6 is 0 Å². The van der Waals surface area contributed by atoms with Crippen LogP contribution in [0, 0.1) is 5.82 Å². The SMILES string of the molecule is COc1cc(OC2CCN(c3ccc(-c4n[nH]c(=O)c5ccccc45)cc3)C2=O)ccc1F. The van der Waals surface area contributed by atoms with E-state index < -0.39 is 11.9 Å². The summed E-state index contributed by atoms with van der Waals surface area (Å²) in [5.41, 5.74) is 1.98. The largest absolute Gasteiger partial charge is 0.494 e. The molecule has 0 spiro atoms. The molecule has 1 unspecified atom stereocenters. The molecule has 1 saturated heterocycles. The fraction of sp³-hybridized carbons (Fsp3) is 0.160. The number of carbonyl (C=O) groups excluding carboxylic acids is 1. The highest BCUT2D eigenvalue weighted by molar-refractivity contribution is 5.99. The van der Waals surface area contributed by atoms with Crippen LogP contribution in [0.4, 0.5) is 10.1 Å². The van der Waals surface area contributed by atoms with Gasteiger partial charge in [0.25, 0.3) is 11.5 Å². The van der Waals surface area contributed by atoms with Crippen LogP contribution in [-0.2, 0) is 4.79 Å². The summed E-state index contributed by atoms with van der Waals surface area (Å²) < 4.78 is 24.4. The molecule has 0 saturated carbocycles. The Morgan fingerprint density at radius 1 is 1.03 bits per heavy atom. The summed E-state index contributed by atoms with van der Waals surface area (Å²) >= 11 is 0. The van der Waals surface area contributed by atoms with Crippen LogP contribution in [0.2, 0.25) is 0 Å². The van der Waals surface area contributed by atoms with E-state index in [4.69, 9.17) is 9.47 Å². The van der Waals surface area contributed by atoms with Gasteiger partial charge in [-0.25, -0.2) is 9.49 Å². The number of nitrogens with zero attached hydrogens (tertiary/aromatic N) is 2. The first-order valence-corrected chi connectivity index (χ1v) is 10.4. The van der Waals surface area contributed by atoms with Crippen molar-refractivity contribution < 1.29 is 18.7 Å². The number of halogens is 1. The number of amides is 1. The van der Waals surface area contributed by atoms with Crippen molar-refractivity contribution >= 4 is 22.4 Å². The Balaban J connectivity index is 1.36. The molecule has 1 aromatic heterocycles. The second kappa shape index (κ2) is 8.38. The predicted octanol–water partition coefficient (Wildman–Crippen LogP) is 3.92. The number of anilines is 1. The molecule has 0 aliphatic carbocycles. The molecule has 8 heteroatoms. The molecule has 1 N–H and O–H groups in total. The molecule has 0 bridgehead atoms. The molecular weight excluding hydrogens is 425 g/mol. The third-order valence-corrected chi connectivity index (χ3v) is 5.71. The minimum atomic E-state index is -0.662. The Labute approximate surface area is 188 Å². The molecule has 1 fully saturated rings. The van der Waals surface area contributed by atoms with E-state index in [1.165, 1.54) is 25.3 Å². The van der Waals surface area contributed by atoms with Gasteiger partial charge in [-0.1, -0.05) is 30.3 Å². The highest BCUT2D eigenvalue weighted by Crippen LogP contribution is 2.30. The van der Waals surface area contributed by atoms with Gasteiger partial charge < -0.3 is 14.4 Å². The van der Waals surface area contributed by atoms with Gasteiger partial charge in [0.1, 0.15) is 5.75 Å². The Morgan fingerprint density at radius 3 is 2.55 bits per heavy atom. The van der Waals surface area contributed by atoms with Crippen molar-refractivity contribution in [2.45, 2.75) is 12.5 Å². The van der Waals surface area contributed by atoms with Gasteiger partial charge in [-0.2, -0.15) is 5.10 Å². The topological polar surface area (TPSA) is 84.5 Å². The first-order valence-electron chi connectivity index (χ1n) is 10.4. The third-order valence-electron chi connectivity index (χ3n) is 5.71. The number of fused-ring (bicyclic) bond motifs is 1. The van der Waals surface area contributed by atoms with Gasteiger partial charge in [-0.15, -0.1) is 0 Å². The van der Waals surface area contributed by atoms with E-state index in [-0.39, 0.29) is 17.2 Å². The average molecular weight is 445 g/mol. The van der Waals surface area contributed by atoms with Gasteiger partial charge in [-0.3, -0.25) is 9.59 Å². The van der Waals surface area contributed by atoms with Gasteiger partial charge in [0.15, 0.2) is 17.7 Å². The van der Waals surface area contributed by atoms with Gasteiger partial charge in [-0.05, 0) is 30.3 Å². The molecule has 1 atom stereocenters.